The van der Waals surface area contributed by atoms with Gasteiger partial charge < -0.3 is 9.47 Å². The highest BCUT2D eigenvalue weighted by Gasteiger charge is 2.48. The third-order valence-corrected chi connectivity index (χ3v) is 3.63. The highest BCUT2D eigenvalue weighted by Crippen LogP contribution is 2.40. The molecular formula is C13H13BrO4. The van der Waals surface area contributed by atoms with Crippen LogP contribution in [-0.2, 0) is 9.53 Å². The van der Waals surface area contributed by atoms with Crippen molar-refractivity contribution in [1.29, 1.82) is 0 Å². The highest BCUT2D eigenvalue weighted by atomic mass is 79.9. The van der Waals surface area contributed by atoms with Crippen molar-refractivity contribution in [2.45, 2.75) is 25.4 Å². The van der Waals surface area contributed by atoms with Crippen molar-refractivity contribution in [2.24, 2.45) is 0 Å². The predicted molar refractivity (Wildman–Crippen MR) is 68.8 cm³/mol. The Kier molecular flexibility index (Phi) is 3.43. The molecule has 0 saturated carbocycles. The Hall–Kier alpha value is -1.36. The first-order valence-electron chi connectivity index (χ1n) is 5.62. The van der Waals surface area contributed by atoms with Crippen molar-refractivity contribution in [1.82, 2.24) is 0 Å². The zero-order valence-electron chi connectivity index (χ0n) is 10.2. The van der Waals surface area contributed by atoms with Gasteiger partial charge in [-0.05, 0) is 24.6 Å². The number of carbonyl (C=O) groups is 2. The third kappa shape index (κ3) is 2.03. The molecule has 0 aliphatic carbocycles. The number of fused-ring (bicyclic) bond motifs is 1. The monoisotopic (exact) mass is 312 g/mol. The molecule has 1 aliphatic rings. The van der Waals surface area contributed by atoms with Gasteiger partial charge >= 0.3 is 5.97 Å². The Morgan fingerprint density at radius 2 is 2.22 bits per heavy atom. The van der Waals surface area contributed by atoms with Crippen molar-refractivity contribution in [3.63, 3.8) is 0 Å². The van der Waals surface area contributed by atoms with Gasteiger partial charge in [0, 0.05) is 4.47 Å². The number of hydrogen-bond acceptors (Lipinski definition) is 4. The number of ether oxygens (including phenoxy) is 2. The van der Waals surface area contributed by atoms with E-state index in [1.165, 1.54) is 7.11 Å². The van der Waals surface area contributed by atoms with E-state index in [2.05, 4.69) is 20.7 Å². The second-order valence-electron chi connectivity index (χ2n) is 4.17. The van der Waals surface area contributed by atoms with Crippen molar-refractivity contribution in [3.8, 4) is 5.75 Å². The molecule has 4 nitrogen and oxygen atoms in total. The molecular weight excluding hydrogens is 300 g/mol. The van der Waals surface area contributed by atoms with Gasteiger partial charge in [-0.1, -0.05) is 22.9 Å². The molecule has 0 N–H and O–H groups in total. The molecule has 1 aromatic carbocycles. The molecule has 96 valence electrons. The highest BCUT2D eigenvalue weighted by molar-refractivity contribution is 9.10. The summed E-state index contributed by atoms with van der Waals surface area (Å²) in [5.41, 5.74) is -0.605. The standard InChI is InChI=1S/C13H13BrO4/c1-3-13(7-11(15)17-2)12(16)9-6-8(14)4-5-10(9)18-13/h4-6H,3,7H2,1-2H3/t13-/m1/s1. The molecule has 0 fully saturated rings. The summed E-state index contributed by atoms with van der Waals surface area (Å²) in [6.07, 6.45) is 0.359. The molecule has 0 spiro atoms. The van der Waals surface area contributed by atoms with Crippen LogP contribution in [0.25, 0.3) is 0 Å². The number of Topliss-reactive ketones (excluding diaryl/α,β-unsaturated/α-hetero) is 1. The van der Waals surface area contributed by atoms with Crippen molar-refractivity contribution < 1.29 is 19.1 Å². The molecule has 1 heterocycles. The van der Waals surface area contributed by atoms with Crippen LogP contribution in [0.2, 0.25) is 0 Å². The summed E-state index contributed by atoms with van der Waals surface area (Å²) >= 11 is 3.32. The van der Waals surface area contributed by atoms with Crippen molar-refractivity contribution in [3.05, 3.63) is 28.2 Å². The second-order valence-corrected chi connectivity index (χ2v) is 5.09. The summed E-state index contributed by atoms with van der Waals surface area (Å²) in [6, 6.07) is 5.24. The fourth-order valence-electron chi connectivity index (χ4n) is 2.05. The fourth-order valence-corrected chi connectivity index (χ4v) is 2.41. The van der Waals surface area contributed by atoms with Crippen LogP contribution in [0.1, 0.15) is 30.1 Å². The number of methoxy groups -OCH3 is 1. The molecule has 0 unspecified atom stereocenters. The van der Waals surface area contributed by atoms with Gasteiger partial charge in [-0.3, -0.25) is 9.59 Å². The first-order valence-corrected chi connectivity index (χ1v) is 6.42. The normalized spacial score (nSPS) is 21.4. The number of rotatable bonds is 3. The number of esters is 1. The van der Waals surface area contributed by atoms with Crippen LogP contribution >= 0.6 is 15.9 Å². The van der Waals surface area contributed by atoms with E-state index in [0.29, 0.717) is 17.7 Å². The maximum absolute atomic E-state index is 12.4. The lowest BCUT2D eigenvalue weighted by atomic mass is 9.89. The van der Waals surface area contributed by atoms with Gasteiger partial charge in [0.05, 0.1) is 19.1 Å². The minimum absolute atomic E-state index is 0.0644. The maximum atomic E-state index is 12.4. The summed E-state index contributed by atoms with van der Waals surface area (Å²) in [5, 5.41) is 0. The Balaban J connectivity index is 2.38. The number of hydrogen-bond donors (Lipinski definition) is 0. The third-order valence-electron chi connectivity index (χ3n) is 3.13. The van der Waals surface area contributed by atoms with Gasteiger partial charge in [-0.15, -0.1) is 0 Å². The molecule has 0 amide bonds. The Labute approximate surface area is 113 Å². The predicted octanol–water partition coefficient (Wildman–Crippen LogP) is 2.74. The molecule has 1 atom stereocenters. The summed E-state index contributed by atoms with van der Waals surface area (Å²) in [5.74, 6) is -0.0854. The van der Waals surface area contributed by atoms with E-state index < -0.39 is 11.6 Å². The van der Waals surface area contributed by atoms with E-state index in [-0.39, 0.29) is 12.2 Å². The van der Waals surface area contributed by atoms with Gasteiger partial charge in [0.1, 0.15) is 5.75 Å². The van der Waals surface area contributed by atoms with Gasteiger partial charge in [-0.2, -0.15) is 0 Å². The van der Waals surface area contributed by atoms with Crippen LogP contribution < -0.4 is 4.74 Å². The van der Waals surface area contributed by atoms with Crippen LogP contribution in [-0.4, -0.2) is 24.5 Å². The molecule has 2 rings (SSSR count). The SMILES string of the molecule is CC[C@]1(CC(=O)OC)Oc2ccc(Br)cc2C1=O. The number of ketones is 1. The average Bonchev–Trinajstić information content (AvgIpc) is 2.63. The van der Waals surface area contributed by atoms with Gasteiger partial charge in [-0.25, -0.2) is 0 Å². The first kappa shape index (κ1) is 13.1. The molecule has 0 aromatic heterocycles. The topological polar surface area (TPSA) is 52.6 Å². The van der Waals surface area contributed by atoms with Crippen LogP contribution in [0.4, 0.5) is 0 Å². The van der Waals surface area contributed by atoms with Crippen LogP contribution in [0.15, 0.2) is 22.7 Å². The van der Waals surface area contributed by atoms with Gasteiger partial charge in [0.15, 0.2) is 5.60 Å². The van der Waals surface area contributed by atoms with E-state index >= 15 is 0 Å². The molecule has 0 saturated heterocycles. The summed E-state index contributed by atoms with van der Waals surface area (Å²) in [4.78, 5) is 23.8. The van der Waals surface area contributed by atoms with Crippen molar-refractivity contribution >= 4 is 27.7 Å². The van der Waals surface area contributed by atoms with Crippen LogP contribution in [0, 0.1) is 0 Å². The number of carbonyl (C=O) groups excluding carboxylic acids is 2. The van der Waals surface area contributed by atoms with Gasteiger partial charge in [0.2, 0.25) is 5.78 Å². The molecule has 18 heavy (non-hydrogen) atoms. The van der Waals surface area contributed by atoms with Crippen LogP contribution in [0.3, 0.4) is 0 Å². The smallest absolute Gasteiger partial charge is 0.310 e. The quantitative estimate of drug-likeness (QED) is 0.805. The lowest BCUT2D eigenvalue weighted by molar-refractivity contribution is -0.143. The largest absolute Gasteiger partial charge is 0.478 e. The molecule has 0 bridgehead atoms. The Morgan fingerprint density at radius 3 is 2.83 bits per heavy atom. The van der Waals surface area contributed by atoms with E-state index in [9.17, 15) is 9.59 Å². The van der Waals surface area contributed by atoms with Crippen molar-refractivity contribution in [2.75, 3.05) is 7.11 Å². The molecule has 1 aromatic rings. The van der Waals surface area contributed by atoms with E-state index in [0.717, 1.165) is 4.47 Å². The maximum Gasteiger partial charge on any atom is 0.310 e. The van der Waals surface area contributed by atoms with Crippen LogP contribution in [0.5, 0.6) is 5.75 Å². The summed E-state index contributed by atoms with van der Waals surface area (Å²) in [6.45, 7) is 1.82. The minimum Gasteiger partial charge on any atom is -0.478 e. The molecule has 0 radical (unpaired) electrons. The van der Waals surface area contributed by atoms with E-state index in [4.69, 9.17) is 4.74 Å². The lowest BCUT2D eigenvalue weighted by Crippen LogP contribution is -2.41. The lowest BCUT2D eigenvalue weighted by Gasteiger charge is -2.24. The zero-order chi connectivity index (χ0) is 13.3. The van der Waals surface area contributed by atoms with E-state index in [1.807, 2.05) is 6.92 Å². The van der Waals surface area contributed by atoms with E-state index in [1.54, 1.807) is 18.2 Å². The summed E-state index contributed by atoms with van der Waals surface area (Å²) < 4.78 is 11.2. The first-order chi connectivity index (χ1) is 8.52. The minimum atomic E-state index is -1.11. The number of benzene rings is 1. The number of halogens is 1. The summed E-state index contributed by atoms with van der Waals surface area (Å²) in [7, 11) is 1.30. The average molecular weight is 313 g/mol. The Morgan fingerprint density at radius 1 is 1.50 bits per heavy atom. The Bertz CT molecular complexity index is 512. The van der Waals surface area contributed by atoms with Gasteiger partial charge in [0.25, 0.3) is 0 Å². The molecule has 1 aliphatic heterocycles. The second kappa shape index (κ2) is 4.72. The fraction of sp³-hybridized carbons (Fsp3) is 0.385. The molecule has 5 heteroatoms. The zero-order valence-corrected chi connectivity index (χ0v) is 11.7.